The van der Waals surface area contributed by atoms with Crippen LogP contribution in [0.15, 0.2) is 0 Å². The Balaban J connectivity index is 2.37. The average molecular weight is 356 g/mol. The Kier molecular flexibility index (Phi) is 7.40. The van der Waals surface area contributed by atoms with Crippen molar-refractivity contribution in [2.24, 2.45) is 11.7 Å². The van der Waals surface area contributed by atoms with E-state index in [-0.39, 0.29) is 44.5 Å². The van der Waals surface area contributed by atoms with Crippen LogP contribution in [0.4, 0.5) is 17.6 Å². The molecule has 2 amide bonds. The van der Waals surface area contributed by atoms with Crippen molar-refractivity contribution in [3.05, 3.63) is 0 Å². The summed E-state index contributed by atoms with van der Waals surface area (Å²) in [6.45, 7) is 2.73. The molecule has 0 aromatic carbocycles. The van der Waals surface area contributed by atoms with Gasteiger partial charge in [-0.1, -0.05) is 13.8 Å². The zero-order valence-electron chi connectivity index (χ0n) is 13.8. The number of alkyl halides is 4. The molecular formula is C14H24F4N4O2. The monoisotopic (exact) mass is 356 g/mol. The summed E-state index contributed by atoms with van der Waals surface area (Å²) in [5, 5.41) is 2.44. The van der Waals surface area contributed by atoms with Crippen LogP contribution in [0.25, 0.3) is 0 Å². The normalized spacial score (nSPS) is 18.1. The summed E-state index contributed by atoms with van der Waals surface area (Å²) < 4.78 is 50.4. The van der Waals surface area contributed by atoms with Gasteiger partial charge in [0.1, 0.15) is 0 Å². The molecule has 0 saturated carbocycles. The summed E-state index contributed by atoms with van der Waals surface area (Å²) >= 11 is 0. The second kappa shape index (κ2) is 8.61. The molecule has 3 N–H and O–H groups in total. The number of rotatable bonds is 7. The van der Waals surface area contributed by atoms with Crippen LogP contribution in [-0.2, 0) is 9.59 Å². The first-order chi connectivity index (χ1) is 11.0. The quantitative estimate of drug-likeness (QED) is 0.636. The van der Waals surface area contributed by atoms with Crippen LogP contribution in [0.1, 0.15) is 13.8 Å². The highest BCUT2D eigenvalue weighted by Gasteiger charge is 2.42. The van der Waals surface area contributed by atoms with Gasteiger partial charge in [0.15, 0.2) is 0 Å². The molecule has 0 aromatic heterocycles. The number of piperazine rings is 1. The predicted octanol–water partition coefficient (Wildman–Crippen LogP) is 0.131. The molecule has 1 heterocycles. The van der Waals surface area contributed by atoms with Gasteiger partial charge in [0.05, 0.1) is 19.1 Å². The molecule has 0 aliphatic carbocycles. The standard InChI is InChI=1S/C14H24F4N4O2/c1-9(2)11(19)12(24)20-7-10(23)22-5-3-21(4-6-22)8-14(17,18)13(15)16/h9,11,13H,3-8,19H2,1-2H3,(H,20,24)/t11-/m0/s1. The van der Waals surface area contributed by atoms with E-state index in [2.05, 4.69) is 5.32 Å². The minimum atomic E-state index is -4.06. The first-order valence-corrected chi connectivity index (χ1v) is 7.74. The number of amides is 2. The van der Waals surface area contributed by atoms with Gasteiger partial charge in [-0.05, 0) is 5.92 Å². The molecule has 1 saturated heterocycles. The van der Waals surface area contributed by atoms with Gasteiger partial charge in [-0.3, -0.25) is 14.5 Å². The van der Waals surface area contributed by atoms with Gasteiger partial charge in [-0.2, -0.15) is 8.78 Å². The Hall–Kier alpha value is -1.42. The molecule has 6 nitrogen and oxygen atoms in total. The smallest absolute Gasteiger partial charge is 0.319 e. The maximum absolute atomic E-state index is 13.0. The van der Waals surface area contributed by atoms with Crippen LogP contribution in [0, 0.1) is 5.92 Å². The summed E-state index contributed by atoms with van der Waals surface area (Å²) in [4.78, 5) is 26.3. The third kappa shape index (κ3) is 5.90. The topological polar surface area (TPSA) is 78.7 Å². The zero-order valence-corrected chi connectivity index (χ0v) is 13.8. The third-order valence-electron chi connectivity index (χ3n) is 3.91. The Bertz CT molecular complexity index is 440. The Morgan fingerprint density at radius 1 is 1.17 bits per heavy atom. The summed E-state index contributed by atoms with van der Waals surface area (Å²) in [6, 6.07) is -0.716. The lowest BCUT2D eigenvalue weighted by Crippen LogP contribution is -2.55. The predicted molar refractivity (Wildman–Crippen MR) is 79.8 cm³/mol. The van der Waals surface area contributed by atoms with Gasteiger partial charge in [0, 0.05) is 26.2 Å². The maximum Gasteiger partial charge on any atom is 0.319 e. The number of hydrogen-bond donors (Lipinski definition) is 2. The fourth-order valence-electron chi connectivity index (χ4n) is 2.22. The Morgan fingerprint density at radius 2 is 1.71 bits per heavy atom. The SMILES string of the molecule is CC(C)[C@H](N)C(=O)NCC(=O)N1CCN(CC(F)(F)C(F)F)CC1. The van der Waals surface area contributed by atoms with E-state index in [0.29, 0.717) is 0 Å². The van der Waals surface area contributed by atoms with Crippen molar-refractivity contribution in [1.29, 1.82) is 0 Å². The fraction of sp³-hybridized carbons (Fsp3) is 0.857. The van der Waals surface area contributed by atoms with Gasteiger partial charge in [-0.15, -0.1) is 0 Å². The summed E-state index contributed by atoms with van der Waals surface area (Å²) in [5.74, 6) is -4.93. The highest BCUT2D eigenvalue weighted by molar-refractivity contribution is 5.87. The number of carbonyl (C=O) groups is 2. The van der Waals surface area contributed by atoms with E-state index in [4.69, 9.17) is 5.73 Å². The van der Waals surface area contributed by atoms with Crippen molar-refractivity contribution in [3.63, 3.8) is 0 Å². The van der Waals surface area contributed by atoms with Crippen molar-refractivity contribution in [3.8, 4) is 0 Å². The molecule has 1 aliphatic heterocycles. The van der Waals surface area contributed by atoms with Crippen molar-refractivity contribution in [2.45, 2.75) is 32.2 Å². The molecule has 0 spiro atoms. The Labute approximate surface area is 138 Å². The molecule has 1 aliphatic rings. The van der Waals surface area contributed by atoms with E-state index in [9.17, 15) is 27.2 Å². The summed E-state index contributed by atoms with van der Waals surface area (Å²) in [7, 11) is 0. The largest absolute Gasteiger partial charge is 0.346 e. The van der Waals surface area contributed by atoms with Crippen LogP contribution in [0.2, 0.25) is 0 Å². The van der Waals surface area contributed by atoms with E-state index in [1.165, 1.54) is 9.80 Å². The Morgan fingerprint density at radius 3 is 2.17 bits per heavy atom. The van der Waals surface area contributed by atoms with Crippen LogP contribution in [-0.4, -0.2) is 79.3 Å². The molecule has 10 heteroatoms. The molecular weight excluding hydrogens is 332 g/mol. The number of carbonyl (C=O) groups excluding carboxylic acids is 2. The summed E-state index contributed by atoms with van der Waals surface area (Å²) in [6.07, 6.45) is -3.71. The molecule has 0 bridgehead atoms. The first kappa shape index (κ1) is 20.6. The first-order valence-electron chi connectivity index (χ1n) is 7.74. The van der Waals surface area contributed by atoms with Crippen molar-refractivity contribution < 1.29 is 27.2 Å². The van der Waals surface area contributed by atoms with Crippen molar-refractivity contribution >= 4 is 11.8 Å². The third-order valence-corrected chi connectivity index (χ3v) is 3.91. The van der Waals surface area contributed by atoms with E-state index < -0.39 is 30.8 Å². The van der Waals surface area contributed by atoms with E-state index in [1.54, 1.807) is 13.8 Å². The lowest BCUT2D eigenvalue weighted by molar-refractivity contribution is -0.148. The summed E-state index contributed by atoms with van der Waals surface area (Å²) in [5.41, 5.74) is 5.65. The number of nitrogens with zero attached hydrogens (tertiary/aromatic N) is 2. The molecule has 140 valence electrons. The minimum Gasteiger partial charge on any atom is -0.346 e. The van der Waals surface area contributed by atoms with Gasteiger partial charge in [0.25, 0.3) is 0 Å². The lowest BCUT2D eigenvalue weighted by atomic mass is 10.1. The fourth-order valence-corrected chi connectivity index (χ4v) is 2.22. The molecule has 0 aromatic rings. The highest BCUT2D eigenvalue weighted by atomic mass is 19.3. The molecule has 1 fully saturated rings. The van der Waals surface area contributed by atoms with Crippen LogP contribution < -0.4 is 11.1 Å². The van der Waals surface area contributed by atoms with E-state index in [0.717, 1.165) is 0 Å². The molecule has 24 heavy (non-hydrogen) atoms. The number of halogens is 4. The van der Waals surface area contributed by atoms with Gasteiger partial charge >= 0.3 is 12.3 Å². The van der Waals surface area contributed by atoms with E-state index in [1.807, 2.05) is 0 Å². The zero-order chi connectivity index (χ0) is 18.5. The highest BCUT2D eigenvalue weighted by Crippen LogP contribution is 2.24. The van der Waals surface area contributed by atoms with Crippen molar-refractivity contribution in [2.75, 3.05) is 39.3 Å². The second-order valence-corrected chi connectivity index (χ2v) is 6.21. The van der Waals surface area contributed by atoms with E-state index >= 15 is 0 Å². The maximum atomic E-state index is 13.0. The van der Waals surface area contributed by atoms with Gasteiger partial charge in [-0.25, -0.2) is 8.78 Å². The van der Waals surface area contributed by atoms with Crippen LogP contribution >= 0.6 is 0 Å². The lowest BCUT2D eigenvalue weighted by Gasteiger charge is -2.36. The van der Waals surface area contributed by atoms with Crippen molar-refractivity contribution in [1.82, 2.24) is 15.1 Å². The number of nitrogens with two attached hydrogens (primary N) is 1. The number of nitrogens with one attached hydrogen (secondary N) is 1. The number of hydrogen-bond acceptors (Lipinski definition) is 4. The van der Waals surface area contributed by atoms with Gasteiger partial charge in [0.2, 0.25) is 11.8 Å². The van der Waals surface area contributed by atoms with Crippen LogP contribution in [0.5, 0.6) is 0 Å². The second-order valence-electron chi connectivity index (χ2n) is 6.21. The molecule has 1 rings (SSSR count). The minimum absolute atomic E-state index is 0.0693. The molecule has 1 atom stereocenters. The molecule has 0 unspecified atom stereocenters. The average Bonchev–Trinajstić information content (AvgIpc) is 2.51. The van der Waals surface area contributed by atoms with Crippen LogP contribution in [0.3, 0.4) is 0 Å². The van der Waals surface area contributed by atoms with Gasteiger partial charge < -0.3 is 16.0 Å². The molecule has 0 radical (unpaired) electrons.